The first-order valence-electron chi connectivity index (χ1n) is 2.90. The molecule has 0 unspecified atom stereocenters. The topological polar surface area (TPSA) is 25.8 Å². The van der Waals surface area contributed by atoms with E-state index >= 15 is 0 Å². The zero-order valence-electron chi connectivity index (χ0n) is 7.01. The molecule has 0 atom stereocenters. The molecule has 1 heterocycles. The molecule has 0 aliphatic carbocycles. The summed E-state index contributed by atoms with van der Waals surface area (Å²) >= 11 is 1.05. The van der Waals surface area contributed by atoms with Gasteiger partial charge in [0.05, 0.1) is 5.16 Å². The molecule has 0 fully saturated rings. The summed E-state index contributed by atoms with van der Waals surface area (Å²) in [6.45, 7) is 0. The third kappa shape index (κ3) is 3.59. The van der Waals surface area contributed by atoms with Crippen molar-refractivity contribution in [3.8, 4) is 0 Å². The van der Waals surface area contributed by atoms with Crippen LogP contribution in [0.5, 0.6) is 0 Å². The Hall–Kier alpha value is -0.183. The molecule has 1 aromatic heterocycles. The summed E-state index contributed by atoms with van der Waals surface area (Å²) in [5.74, 6) is 0. The second kappa shape index (κ2) is 4.89. The van der Waals surface area contributed by atoms with E-state index in [1.54, 1.807) is 6.26 Å². The van der Waals surface area contributed by atoms with Crippen LogP contribution in [-0.2, 0) is 6.18 Å². The van der Waals surface area contributed by atoms with Gasteiger partial charge in [0.2, 0.25) is 0 Å². The Bertz CT molecular complexity index is 279. The molecule has 1 rings (SSSR count). The van der Waals surface area contributed by atoms with Gasteiger partial charge in [0, 0.05) is 5.69 Å². The van der Waals surface area contributed by atoms with E-state index in [1.165, 1.54) is 0 Å². The largest absolute Gasteiger partial charge is 1.00 e. The third-order valence-corrected chi connectivity index (χ3v) is 1.60. The summed E-state index contributed by atoms with van der Waals surface area (Å²) in [4.78, 5) is 6.76. The summed E-state index contributed by atoms with van der Waals surface area (Å²) in [7, 11) is 0. The van der Waals surface area contributed by atoms with Gasteiger partial charge in [-0.25, -0.2) is 0 Å². The van der Waals surface area contributed by atoms with E-state index < -0.39 is 11.9 Å². The molecule has 0 bridgehead atoms. The minimum absolute atomic E-state index is 0. The molecule has 0 saturated heterocycles. The Balaban J connectivity index is 0.00000144. The van der Waals surface area contributed by atoms with Crippen LogP contribution < -0.4 is 18.9 Å². The van der Waals surface area contributed by atoms with Crippen LogP contribution in [0.4, 0.5) is 13.2 Å². The normalized spacial score (nSPS) is 10.8. The standard InChI is InChI=1S/C6H4F3N2S.Li/c1-12-5-10-3-2-4(11-5)6(7,8)9;/h2H,1H3;/q-1;+1. The van der Waals surface area contributed by atoms with E-state index in [0.717, 1.165) is 17.8 Å². The maximum atomic E-state index is 12.0. The molecule has 1 aromatic rings. The molecule has 66 valence electrons. The van der Waals surface area contributed by atoms with Crippen molar-refractivity contribution in [3.05, 3.63) is 18.0 Å². The molecular formula is C6H4F3LiN2S. The minimum Gasteiger partial charge on any atom is -0.364 e. The van der Waals surface area contributed by atoms with E-state index in [2.05, 4.69) is 16.2 Å². The fourth-order valence-electron chi connectivity index (χ4n) is 0.545. The first-order chi connectivity index (χ1) is 5.54. The number of nitrogens with zero attached hydrogens (tertiary/aromatic N) is 2. The fraction of sp³-hybridized carbons (Fsp3) is 0.333. The van der Waals surface area contributed by atoms with Gasteiger partial charge in [-0.2, -0.15) is 24.9 Å². The molecule has 7 heteroatoms. The van der Waals surface area contributed by atoms with Crippen molar-refractivity contribution in [1.82, 2.24) is 9.97 Å². The van der Waals surface area contributed by atoms with Crippen molar-refractivity contribution >= 4 is 11.8 Å². The van der Waals surface area contributed by atoms with Gasteiger partial charge >= 0.3 is 25.0 Å². The number of halogens is 3. The number of hydrogen-bond acceptors (Lipinski definition) is 3. The maximum absolute atomic E-state index is 12.0. The molecular weight excluding hydrogens is 196 g/mol. The monoisotopic (exact) mass is 200 g/mol. The van der Waals surface area contributed by atoms with Crippen molar-refractivity contribution < 1.29 is 32.0 Å². The maximum Gasteiger partial charge on any atom is 1.00 e. The summed E-state index contributed by atoms with van der Waals surface area (Å²) < 4.78 is 36.0. The van der Waals surface area contributed by atoms with E-state index in [9.17, 15) is 13.2 Å². The van der Waals surface area contributed by atoms with Crippen molar-refractivity contribution in [3.63, 3.8) is 0 Å². The van der Waals surface area contributed by atoms with Crippen LogP contribution in [0.25, 0.3) is 0 Å². The summed E-state index contributed by atoms with van der Waals surface area (Å²) in [5, 5.41) is 0.0739. The first-order valence-corrected chi connectivity index (χ1v) is 4.13. The van der Waals surface area contributed by atoms with Crippen molar-refractivity contribution in [2.24, 2.45) is 0 Å². The fourth-order valence-corrected chi connectivity index (χ4v) is 0.879. The van der Waals surface area contributed by atoms with E-state index in [0.29, 0.717) is 0 Å². The molecule has 0 spiro atoms. The van der Waals surface area contributed by atoms with Crippen LogP contribution >= 0.6 is 11.8 Å². The SMILES string of the molecule is CSc1n[c-]cc(C(F)(F)F)n1.[Li+]. The van der Waals surface area contributed by atoms with Gasteiger partial charge in [-0.15, -0.1) is 6.07 Å². The van der Waals surface area contributed by atoms with Crippen LogP contribution in [-0.4, -0.2) is 16.2 Å². The molecule has 0 saturated carbocycles. The molecule has 0 aliphatic heterocycles. The van der Waals surface area contributed by atoms with Gasteiger partial charge in [0.25, 0.3) is 0 Å². The third-order valence-electron chi connectivity index (χ3n) is 1.05. The Labute approximate surface area is 89.5 Å². The summed E-state index contributed by atoms with van der Waals surface area (Å²) in [6, 6.07) is 0.722. The smallest absolute Gasteiger partial charge is 0.364 e. The quantitative estimate of drug-likeness (QED) is 0.252. The van der Waals surface area contributed by atoms with Crippen LogP contribution in [0.3, 0.4) is 0 Å². The number of rotatable bonds is 1. The Morgan fingerprint density at radius 2 is 2.08 bits per heavy atom. The second-order valence-corrected chi connectivity index (χ2v) is 2.64. The van der Waals surface area contributed by atoms with Crippen LogP contribution in [0.15, 0.2) is 11.2 Å². The zero-order chi connectivity index (χ0) is 9.19. The number of alkyl halides is 3. The molecule has 0 aromatic carbocycles. The van der Waals surface area contributed by atoms with Crippen molar-refractivity contribution in [2.45, 2.75) is 11.3 Å². The number of hydrogen-bond donors (Lipinski definition) is 0. The van der Waals surface area contributed by atoms with Gasteiger partial charge < -0.3 is 9.97 Å². The minimum atomic E-state index is -4.41. The molecule has 0 amide bonds. The van der Waals surface area contributed by atoms with E-state index in [4.69, 9.17) is 0 Å². The van der Waals surface area contributed by atoms with Gasteiger partial charge in [-0.05, 0) is 6.26 Å². The van der Waals surface area contributed by atoms with Crippen molar-refractivity contribution in [1.29, 1.82) is 0 Å². The van der Waals surface area contributed by atoms with E-state index in [1.807, 2.05) is 0 Å². The predicted molar refractivity (Wildman–Crippen MR) is 37.7 cm³/mol. The number of aromatic nitrogens is 2. The van der Waals surface area contributed by atoms with Gasteiger partial charge in [0.1, 0.15) is 0 Å². The van der Waals surface area contributed by atoms with Gasteiger partial charge in [-0.1, -0.05) is 6.20 Å². The molecule has 0 radical (unpaired) electrons. The molecule has 2 nitrogen and oxygen atoms in total. The Morgan fingerprint density at radius 1 is 1.46 bits per heavy atom. The van der Waals surface area contributed by atoms with Crippen LogP contribution in [0.1, 0.15) is 5.69 Å². The second-order valence-electron chi connectivity index (χ2n) is 1.87. The van der Waals surface area contributed by atoms with E-state index in [-0.39, 0.29) is 24.0 Å². The molecule has 0 N–H and O–H groups in total. The summed E-state index contributed by atoms with van der Waals surface area (Å²) in [6.07, 6.45) is -0.679. The molecule has 13 heavy (non-hydrogen) atoms. The van der Waals surface area contributed by atoms with Gasteiger partial charge in [-0.3, -0.25) is 0 Å². The van der Waals surface area contributed by atoms with Gasteiger partial charge in [0.15, 0.2) is 0 Å². The van der Waals surface area contributed by atoms with Crippen molar-refractivity contribution in [2.75, 3.05) is 6.26 Å². The van der Waals surface area contributed by atoms with Crippen LogP contribution in [0.2, 0.25) is 0 Å². The predicted octanol–water partition coefficient (Wildman–Crippen LogP) is -0.979. The average molecular weight is 200 g/mol. The molecule has 0 aliphatic rings. The van der Waals surface area contributed by atoms with Crippen LogP contribution in [0, 0.1) is 6.20 Å². The zero-order valence-corrected chi connectivity index (χ0v) is 7.83. The average Bonchev–Trinajstić information content (AvgIpc) is 2.03. The Kier molecular flexibility index (Phi) is 4.82. The first kappa shape index (κ1) is 12.8. The Morgan fingerprint density at radius 3 is 2.54 bits per heavy atom. The number of thioether (sulfide) groups is 1. The summed E-state index contributed by atoms with van der Waals surface area (Å²) in [5.41, 5.74) is -0.957.